The number of piperazine rings is 1. The molecule has 1 amide bonds. The van der Waals surface area contributed by atoms with Gasteiger partial charge in [0.1, 0.15) is 5.75 Å². The van der Waals surface area contributed by atoms with Crippen LogP contribution in [0.5, 0.6) is 5.75 Å². The monoisotopic (exact) mass is 350 g/mol. The lowest BCUT2D eigenvalue weighted by atomic mass is 10.1. The molecular weight excluding hydrogens is 324 g/mol. The van der Waals surface area contributed by atoms with E-state index in [1.807, 2.05) is 23.1 Å². The van der Waals surface area contributed by atoms with Gasteiger partial charge in [-0.25, -0.2) is 0 Å². The summed E-state index contributed by atoms with van der Waals surface area (Å²) in [4.78, 5) is 17.2. The van der Waals surface area contributed by atoms with E-state index in [-0.39, 0.29) is 5.91 Å². The zero-order valence-corrected chi connectivity index (χ0v) is 15.5. The molecule has 2 fully saturated rings. The topological polar surface area (TPSA) is 42.0 Å². The molecule has 2 saturated heterocycles. The number of hydrogen-bond acceptors (Lipinski definition) is 5. The van der Waals surface area contributed by atoms with E-state index in [0.29, 0.717) is 22.6 Å². The minimum Gasteiger partial charge on any atom is -0.496 e. The summed E-state index contributed by atoms with van der Waals surface area (Å²) in [6, 6.07) is 6.49. The van der Waals surface area contributed by atoms with Gasteiger partial charge in [0.05, 0.1) is 31.9 Å². The maximum atomic E-state index is 12.9. The number of rotatable bonds is 5. The lowest BCUT2D eigenvalue weighted by molar-refractivity contribution is -0.0746. The van der Waals surface area contributed by atoms with Crippen LogP contribution in [0, 0.1) is 0 Å². The fraction of sp³-hybridized carbons (Fsp3) is 0.611. The molecule has 2 aliphatic rings. The highest BCUT2D eigenvalue weighted by Gasteiger charge is 2.31. The van der Waals surface area contributed by atoms with Crippen molar-refractivity contribution in [2.24, 2.45) is 0 Å². The Labute approximate surface area is 148 Å². The first-order chi connectivity index (χ1) is 11.6. The molecule has 1 aromatic rings. The minimum atomic E-state index is 0.0692. The zero-order chi connectivity index (χ0) is 17.1. The second-order valence-corrected chi connectivity index (χ2v) is 7.54. The molecule has 24 heavy (non-hydrogen) atoms. The molecule has 0 spiro atoms. The summed E-state index contributed by atoms with van der Waals surface area (Å²) in [7, 11) is 1.63. The Hall–Kier alpha value is -1.24. The molecule has 0 aliphatic carbocycles. The molecule has 0 aromatic heterocycles. The van der Waals surface area contributed by atoms with Crippen LogP contribution in [0.2, 0.25) is 0 Å². The number of carbonyl (C=O) groups excluding carboxylic acids is 1. The van der Waals surface area contributed by atoms with Gasteiger partial charge in [0.15, 0.2) is 0 Å². The molecule has 5 nitrogen and oxygen atoms in total. The number of nitrogens with zero attached hydrogens (tertiary/aromatic N) is 2. The standard InChI is InChI=1S/C18H26N2O3S/c1-13(24-3)14-4-5-16(17(10-14)22-2)18(21)20-8-6-19(7-9-20)15-11-23-12-15/h4-5,10,13,15H,6-9,11-12H2,1-3H3. The highest BCUT2D eigenvalue weighted by Crippen LogP contribution is 2.31. The molecule has 1 unspecified atom stereocenters. The minimum absolute atomic E-state index is 0.0692. The van der Waals surface area contributed by atoms with Crippen molar-refractivity contribution in [3.63, 3.8) is 0 Å². The van der Waals surface area contributed by atoms with Crippen molar-refractivity contribution in [2.45, 2.75) is 18.2 Å². The predicted octanol–water partition coefficient (Wildman–Crippen LogP) is 2.28. The fourth-order valence-corrected chi connectivity index (χ4v) is 3.59. The number of amides is 1. The van der Waals surface area contributed by atoms with Crippen LogP contribution < -0.4 is 4.74 Å². The molecule has 0 saturated carbocycles. The van der Waals surface area contributed by atoms with Crippen LogP contribution in [0.3, 0.4) is 0 Å². The summed E-state index contributed by atoms with van der Waals surface area (Å²) >= 11 is 1.78. The summed E-state index contributed by atoms with van der Waals surface area (Å²) < 4.78 is 10.8. The van der Waals surface area contributed by atoms with Crippen LogP contribution in [0.4, 0.5) is 0 Å². The molecule has 0 radical (unpaired) electrons. The van der Waals surface area contributed by atoms with Gasteiger partial charge in [0.25, 0.3) is 5.91 Å². The van der Waals surface area contributed by atoms with Crippen LogP contribution in [0.1, 0.15) is 28.1 Å². The Morgan fingerprint density at radius 2 is 2.00 bits per heavy atom. The SMILES string of the molecule is COc1cc(C(C)SC)ccc1C(=O)N1CCN(C2COC2)CC1. The Morgan fingerprint density at radius 3 is 2.54 bits per heavy atom. The van der Waals surface area contributed by atoms with Crippen LogP contribution in [-0.2, 0) is 4.74 Å². The molecule has 6 heteroatoms. The highest BCUT2D eigenvalue weighted by molar-refractivity contribution is 7.98. The van der Waals surface area contributed by atoms with E-state index in [4.69, 9.17) is 9.47 Å². The van der Waals surface area contributed by atoms with E-state index in [1.54, 1.807) is 18.9 Å². The van der Waals surface area contributed by atoms with Crippen LogP contribution >= 0.6 is 11.8 Å². The summed E-state index contributed by atoms with van der Waals surface area (Å²) in [5.41, 5.74) is 1.85. The first-order valence-corrected chi connectivity index (χ1v) is 9.74. The molecule has 132 valence electrons. The van der Waals surface area contributed by atoms with E-state index in [0.717, 1.165) is 39.4 Å². The third-order valence-corrected chi connectivity index (χ3v) is 6.00. The Morgan fingerprint density at radius 1 is 1.29 bits per heavy atom. The number of ether oxygens (including phenoxy) is 2. The van der Waals surface area contributed by atoms with Crippen molar-refractivity contribution in [3.05, 3.63) is 29.3 Å². The second-order valence-electron chi connectivity index (χ2n) is 6.36. The smallest absolute Gasteiger partial charge is 0.257 e. The molecule has 1 atom stereocenters. The van der Waals surface area contributed by atoms with Crippen molar-refractivity contribution in [1.29, 1.82) is 0 Å². The van der Waals surface area contributed by atoms with E-state index >= 15 is 0 Å². The van der Waals surface area contributed by atoms with Gasteiger partial charge in [0.2, 0.25) is 0 Å². The van der Waals surface area contributed by atoms with Gasteiger partial charge >= 0.3 is 0 Å². The average molecular weight is 350 g/mol. The van der Waals surface area contributed by atoms with Gasteiger partial charge in [-0.2, -0.15) is 11.8 Å². The third kappa shape index (κ3) is 3.55. The second kappa shape index (κ2) is 7.76. The molecule has 0 N–H and O–H groups in total. The van der Waals surface area contributed by atoms with Gasteiger partial charge in [0, 0.05) is 31.4 Å². The predicted molar refractivity (Wildman–Crippen MR) is 97.0 cm³/mol. The van der Waals surface area contributed by atoms with Crippen LogP contribution in [0.25, 0.3) is 0 Å². The lowest BCUT2D eigenvalue weighted by Crippen LogP contribution is -2.57. The van der Waals surface area contributed by atoms with Crippen molar-refractivity contribution >= 4 is 17.7 Å². The van der Waals surface area contributed by atoms with Gasteiger partial charge < -0.3 is 14.4 Å². The maximum absolute atomic E-state index is 12.9. The number of thioether (sulfide) groups is 1. The summed E-state index contributed by atoms with van der Waals surface area (Å²) in [6.45, 7) is 7.19. The quantitative estimate of drug-likeness (QED) is 0.815. The summed E-state index contributed by atoms with van der Waals surface area (Å²) in [5, 5.41) is 0.385. The zero-order valence-electron chi connectivity index (χ0n) is 14.7. The van der Waals surface area contributed by atoms with Crippen LogP contribution in [0.15, 0.2) is 18.2 Å². The number of hydrogen-bond donors (Lipinski definition) is 0. The van der Waals surface area contributed by atoms with E-state index in [1.165, 1.54) is 5.56 Å². The fourth-order valence-electron chi connectivity index (χ4n) is 3.17. The largest absolute Gasteiger partial charge is 0.496 e. The molecule has 3 rings (SSSR count). The molecule has 0 bridgehead atoms. The van der Waals surface area contributed by atoms with Gasteiger partial charge in [-0.05, 0) is 30.9 Å². The van der Waals surface area contributed by atoms with Crippen molar-refractivity contribution in [2.75, 3.05) is 52.8 Å². The maximum Gasteiger partial charge on any atom is 0.257 e. The summed E-state index contributed by atoms with van der Waals surface area (Å²) in [5.74, 6) is 0.743. The number of benzene rings is 1. The van der Waals surface area contributed by atoms with Crippen molar-refractivity contribution < 1.29 is 14.3 Å². The van der Waals surface area contributed by atoms with Crippen LogP contribution in [-0.4, -0.2) is 74.5 Å². The van der Waals surface area contributed by atoms with Crippen molar-refractivity contribution in [3.8, 4) is 5.75 Å². The lowest BCUT2D eigenvalue weighted by Gasteiger charge is -2.42. The van der Waals surface area contributed by atoms with Gasteiger partial charge in [-0.1, -0.05) is 6.07 Å². The van der Waals surface area contributed by atoms with Crippen molar-refractivity contribution in [1.82, 2.24) is 9.80 Å². The molecule has 1 aromatic carbocycles. The highest BCUT2D eigenvalue weighted by atomic mass is 32.2. The molecule has 2 heterocycles. The number of carbonyl (C=O) groups is 1. The molecular formula is C18H26N2O3S. The normalized spacial score (nSPS) is 20.5. The number of methoxy groups -OCH3 is 1. The van der Waals surface area contributed by atoms with Gasteiger partial charge in [-0.15, -0.1) is 0 Å². The van der Waals surface area contributed by atoms with Gasteiger partial charge in [-0.3, -0.25) is 9.69 Å². The Bertz CT molecular complexity index is 584. The van der Waals surface area contributed by atoms with E-state index in [2.05, 4.69) is 18.1 Å². The average Bonchev–Trinajstić information content (AvgIpc) is 2.59. The Kier molecular flexibility index (Phi) is 5.69. The third-order valence-electron chi connectivity index (χ3n) is 5.02. The Balaban J connectivity index is 1.68. The first-order valence-electron chi connectivity index (χ1n) is 8.46. The summed E-state index contributed by atoms with van der Waals surface area (Å²) in [6.07, 6.45) is 2.09. The van der Waals surface area contributed by atoms with E-state index in [9.17, 15) is 4.79 Å². The first kappa shape index (κ1) is 17.6. The molecule has 2 aliphatic heterocycles. The van der Waals surface area contributed by atoms with E-state index < -0.39 is 0 Å².